The van der Waals surface area contributed by atoms with Gasteiger partial charge in [0.15, 0.2) is 0 Å². The molecule has 1 atom stereocenters. The topological polar surface area (TPSA) is 30.5 Å². The maximum absolute atomic E-state index is 12.1. The van der Waals surface area contributed by atoms with Crippen LogP contribution >= 0.6 is 15.9 Å². The molecule has 0 saturated heterocycles. The minimum atomic E-state index is -2.41. The number of rotatable bonds is 10. The average Bonchev–Trinajstić information content (AvgIpc) is 2.46. The molecule has 0 fully saturated rings. The van der Waals surface area contributed by atoms with Crippen LogP contribution in [-0.2, 0) is 4.74 Å². The lowest BCUT2D eigenvalue weighted by Crippen LogP contribution is -2.24. The zero-order valence-electron chi connectivity index (χ0n) is 12.4. The molecule has 1 aromatic rings. The van der Waals surface area contributed by atoms with E-state index in [0.717, 1.165) is 28.8 Å². The molecule has 0 saturated carbocycles. The number of hydrogen-bond donors (Lipinski definition) is 1. The molecule has 0 spiro atoms. The van der Waals surface area contributed by atoms with Crippen LogP contribution in [0.25, 0.3) is 0 Å². The first-order valence-corrected chi connectivity index (χ1v) is 7.80. The predicted molar refractivity (Wildman–Crippen MR) is 83.2 cm³/mol. The normalized spacial score (nSPS) is 12.7. The van der Waals surface area contributed by atoms with Gasteiger partial charge in [0.05, 0.1) is 11.6 Å². The quantitative estimate of drug-likeness (QED) is 0.631. The highest BCUT2D eigenvalue weighted by Crippen LogP contribution is 2.29. The van der Waals surface area contributed by atoms with Crippen molar-refractivity contribution in [1.29, 1.82) is 0 Å². The van der Waals surface area contributed by atoms with E-state index in [-0.39, 0.29) is 6.04 Å². The fourth-order valence-electron chi connectivity index (χ4n) is 1.98. The number of ether oxygens (including phenoxy) is 2. The monoisotopic (exact) mass is 365 g/mol. The molecule has 3 nitrogen and oxygen atoms in total. The van der Waals surface area contributed by atoms with Crippen molar-refractivity contribution >= 4 is 15.9 Å². The molecule has 0 amide bonds. The fourth-order valence-corrected chi connectivity index (χ4v) is 2.54. The second-order valence-electron chi connectivity index (χ2n) is 4.66. The van der Waals surface area contributed by atoms with Crippen molar-refractivity contribution in [1.82, 2.24) is 5.32 Å². The SMILES string of the molecule is CCCNC(CCOCC(F)F)c1ccc(OC)c(Br)c1. The zero-order valence-corrected chi connectivity index (χ0v) is 14.0. The third-order valence-electron chi connectivity index (χ3n) is 3.01. The smallest absolute Gasteiger partial charge is 0.261 e. The minimum absolute atomic E-state index is 0.0739. The number of alkyl halides is 2. The molecular weight excluding hydrogens is 344 g/mol. The van der Waals surface area contributed by atoms with Gasteiger partial charge in [-0.3, -0.25) is 0 Å². The summed E-state index contributed by atoms with van der Waals surface area (Å²) in [5.41, 5.74) is 1.08. The molecule has 0 aliphatic heterocycles. The Hall–Kier alpha value is -0.720. The Balaban J connectivity index is 2.65. The summed E-state index contributed by atoms with van der Waals surface area (Å²) >= 11 is 3.46. The molecule has 6 heteroatoms. The molecule has 0 aliphatic rings. The molecular formula is C15H22BrF2NO2. The molecule has 0 heterocycles. The van der Waals surface area contributed by atoms with Gasteiger partial charge in [-0.1, -0.05) is 13.0 Å². The highest BCUT2D eigenvalue weighted by atomic mass is 79.9. The molecule has 1 rings (SSSR count). The van der Waals surface area contributed by atoms with Gasteiger partial charge in [-0.15, -0.1) is 0 Å². The van der Waals surface area contributed by atoms with E-state index in [1.54, 1.807) is 7.11 Å². The van der Waals surface area contributed by atoms with Gasteiger partial charge in [0, 0.05) is 12.6 Å². The summed E-state index contributed by atoms with van der Waals surface area (Å²) in [5.74, 6) is 0.766. The molecule has 0 radical (unpaired) electrons. The molecule has 0 bridgehead atoms. The summed E-state index contributed by atoms with van der Waals surface area (Å²) in [6.45, 7) is 2.74. The van der Waals surface area contributed by atoms with Gasteiger partial charge in [-0.25, -0.2) is 8.78 Å². The Morgan fingerprint density at radius 2 is 2.10 bits per heavy atom. The third kappa shape index (κ3) is 6.72. The number of hydrogen-bond acceptors (Lipinski definition) is 3. The van der Waals surface area contributed by atoms with E-state index in [4.69, 9.17) is 9.47 Å². The van der Waals surface area contributed by atoms with Crippen molar-refractivity contribution < 1.29 is 18.3 Å². The minimum Gasteiger partial charge on any atom is -0.496 e. The second kappa shape index (κ2) is 10.1. The number of halogens is 3. The van der Waals surface area contributed by atoms with Gasteiger partial charge in [0.25, 0.3) is 6.43 Å². The third-order valence-corrected chi connectivity index (χ3v) is 3.63. The van der Waals surface area contributed by atoms with Gasteiger partial charge in [0.2, 0.25) is 0 Å². The van der Waals surface area contributed by atoms with E-state index in [1.807, 2.05) is 18.2 Å². The van der Waals surface area contributed by atoms with Crippen LogP contribution in [0.3, 0.4) is 0 Å². The maximum atomic E-state index is 12.1. The number of methoxy groups -OCH3 is 1. The molecule has 1 aromatic carbocycles. The fraction of sp³-hybridized carbons (Fsp3) is 0.600. The molecule has 1 unspecified atom stereocenters. The van der Waals surface area contributed by atoms with Crippen molar-refractivity contribution in [2.75, 3.05) is 26.9 Å². The van der Waals surface area contributed by atoms with Crippen LogP contribution in [0.5, 0.6) is 5.75 Å². The summed E-state index contributed by atoms with van der Waals surface area (Å²) in [6.07, 6.45) is -0.765. The summed E-state index contributed by atoms with van der Waals surface area (Å²) in [5, 5.41) is 3.41. The summed E-state index contributed by atoms with van der Waals surface area (Å²) < 4.78 is 35.2. The largest absolute Gasteiger partial charge is 0.496 e. The maximum Gasteiger partial charge on any atom is 0.261 e. The first-order chi connectivity index (χ1) is 10.1. The Kier molecular flexibility index (Phi) is 8.80. The number of benzene rings is 1. The molecule has 1 N–H and O–H groups in total. The lowest BCUT2D eigenvalue weighted by molar-refractivity contribution is 0.0143. The molecule has 120 valence electrons. The summed E-state index contributed by atoms with van der Waals surface area (Å²) in [7, 11) is 1.62. The van der Waals surface area contributed by atoms with Crippen LogP contribution in [-0.4, -0.2) is 33.3 Å². The Morgan fingerprint density at radius 1 is 1.33 bits per heavy atom. The summed E-state index contributed by atoms with van der Waals surface area (Å²) in [6, 6.07) is 5.92. The lowest BCUT2D eigenvalue weighted by Gasteiger charge is -2.20. The summed E-state index contributed by atoms with van der Waals surface area (Å²) in [4.78, 5) is 0. The van der Waals surface area contributed by atoms with Gasteiger partial charge >= 0.3 is 0 Å². The van der Waals surface area contributed by atoms with Crippen LogP contribution in [0.15, 0.2) is 22.7 Å². The molecule has 0 aromatic heterocycles. The predicted octanol–water partition coefficient (Wildman–Crippen LogP) is 4.17. The van der Waals surface area contributed by atoms with Crippen molar-refractivity contribution in [3.05, 3.63) is 28.2 Å². The van der Waals surface area contributed by atoms with Gasteiger partial charge < -0.3 is 14.8 Å². The Bertz CT molecular complexity index is 419. The average molecular weight is 366 g/mol. The van der Waals surface area contributed by atoms with Crippen LogP contribution in [0.2, 0.25) is 0 Å². The molecule has 0 aliphatic carbocycles. The second-order valence-corrected chi connectivity index (χ2v) is 5.51. The van der Waals surface area contributed by atoms with E-state index in [9.17, 15) is 8.78 Å². The van der Waals surface area contributed by atoms with Gasteiger partial charge in [0.1, 0.15) is 12.4 Å². The van der Waals surface area contributed by atoms with Gasteiger partial charge in [-0.05, 0) is 53.0 Å². The highest BCUT2D eigenvalue weighted by Gasteiger charge is 2.13. The molecule has 21 heavy (non-hydrogen) atoms. The van der Waals surface area contributed by atoms with E-state index < -0.39 is 13.0 Å². The standard InChI is InChI=1S/C15H22BrF2NO2/c1-3-7-19-13(6-8-21-10-15(17)18)11-4-5-14(20-2)12(16)9-11/h4-5,9,13,15,19H,3,6-8,10H2,1-2H3. The van der Waals surface area contributed by atoms with Crippen LogP contribution in [0, 0.1) is 0 Å². The van der Waals surface area contributed by atoms with E-state index in [1.165, 1.54) is 0 Å². The number of nitrogens with one attached hydrogen (secondary N) is 1. The zero-order chi connectivity index (χ0) is 15.7. The van der Waals surface area contributed by atoms with Crippen LogP contribution in [0.1, 0.15) is 31.4 Å². The van der Waals surface area contributed by atoms with E-state index in [2.05, 4.69) is 28.2 Å². The van der Waals surface area contributed by atoms with Crippen molar-refractivity contribution in [2.45, 2.75) is 32.2 Å². The Labute approximate surface area is 133 Å². The van der Waals surface area contributed by atoms with E-state index in [0.29, 0.717) is 13.0 Å². The van der Waals surface area contributed by atoms with E-state index >= 15 is 0 Å². The first-order valence-electron chi connectivity index (χ1n) is 7.01. The Morgan fingerprint density at radius 3 is 2.67 bits per heavy atom. The lowest BCUT2D eigenvalue weighted by atomic mass is 10.0. The van der Waals surface area contributed by atoms with Crippen LogP contribution in [0.4, 0.5) is 8.78 Å². The van der Waals surface area contributed by atoms with Crippen molar-refractivity contribution in [3.8, 4) is 5.75 Å². The highest BCUT2D eigenvalue weighted by molar-refractivity contribution is 9.10. The van der Waals surface area contributed by atoms with Crippen LogP contribution < -0.4 is 10.1 Å². The van der Waals surface area contributed by atoms with Gasteiger partial charge in [-0.2, -0.15) is 0 Å². The van der Waals surface area contributed by atoms with Crippen molar-refractivity contribution in [2.24, 2.45) is 0 Å². The first kappa shape index (κ1) is 18.3. The van der Waals surface area contributed by atoms with Crippen molar-refractivity contribution in [3.63, 3.8) is 0 Å².